The number of ether oxygens (including phenoxy) is 1. The van der Waals surface area contributed by atoms with Gasteiger partial charge in [-0.15, -0.1) is 0 Å². The Morgan fingerprint density at radius 3 is 2.26 bits per heavy atom. The zero-order chi connectivity index (χ0) is 14.3. The highest BCUT2D eigenvalue weighted by Gasteiger charge is 2.07. The van der Waals surface area contributed by atoms with Crippen molar-refractivity contribution >= 4 is 5.78 Å². The Bertz CT molecular complexity index is 377. The average molecular weight is 262 g/mol. The minimum absolute atomic E-state index is 0.0693. The molecule has 0 saturated heterocycles. The van der Waals surface area contributed by atoms with Crippen molar-refractivity contribution in [3.63, 3.8) is 0 Å². The fourth-order valence-electron chi connectivity index (χ4n) is 1.90. The van der Waals surface area contributed by atoms with E-state index in [2.05, 4.69) is 27.7 Å². The molecule has 1 rings (SSSR count). The number of carbonyl (C=O) groups excluding carboxylic acids is 1. The molecule has 0 bridgehead atoms. The Morgan fingerprint density at radius 1 is 1.11 bits per heavy atom. The summed E-state index contributed by atoms with van der Waals surface area (Å²) in [5.74, 6) is 1.26. The highest BCUT2D eigenvalue weighted by atomic mass is 16.5. The van der Waals surface area contributed by atoms with Crippen molar-refractivity contribution in [3.05, 3.63) is 35.4 Å². The first-order valence-corrected chi connectivity index (χ1v) is 7.21. The second-order valence-corrected chi connectivity index (χ2v) is 5.79. The first-order chi connectivity index (χ1) is 9.00. The van der Waals surface area contributed by atoms with Crippen LogP contribution in [-0.4, -0.2) is 19.0 Å². The summed E-state index contributed by atoms with van der Waals surface area (Å²) in [6, 6.07) is 7.84. The molecule has 0 aliphatic rings. The van der Waals surface area contributed by atoms with E-state index in [4.69, 9.17) is 4.74 Å². The van der Waals surface area contributed by atoms with Crippen molar-refractivity contribution in [2.24, 2.45) is 5.92 Å². The Hall–Kier alpha value is -1.15. The van der Waals surface area contributed by atoms with Gasteiger partial charge in [-0.1, -0.05) is 52.0 Å². The summed E-state index contributed by atoms with van der Waals surface area (Å²) >= 11 is 0. The molecule has 106 valence electrons. The molecule has 0 aromatic heterocycles. The quantitative estimate of drug-likeness (QED) is 0.511. The second-order valence-electron chi connectivity index (χ2n) is 5.79. The van der Waals surface area contributed by atoms with Crippen molar-refractivity contribution in [1.29, 1.82) is 0 Å². The topological polar surface area (TPSA) is 26.3 Å². The number of hydrogen-bond acceptors (Lipinski definition) is 2. The summed E-state index contributed by atoms with van der Waals surface area (Å²) in [4.78, 5) is 11.9. The molecule has 0 aliphatic carbocycles. The smallest absolute Gasteiger partial charge is 0.188 e. The summed E-state index contributed by atoms with van der Waals surface area (Å²) in [5.41, 5.74) is 2.00. The van der Waals surface area contributed by atoms with Crippen molar-refractivity contribution < 1.29 is 9.53 Å². The zero-order valence-corrected chi connectivity index (χ0v) is 12.6. The fourth-order valence-corrected chi connectivity index (χ4v) is 1.90. The van der Waals surface area contributed by atoms with Crippen molar-refractivity contribution in [2.45, 2.75) is 46.5 Å². The lowest BCUT2D eigenvalue weighted by molar-refractivity contribution is 0.0749. The molecule has 2 nitrogen and oxygen atoms in total. The highest BCUT2D eigenvalue weighted by Crippen LogP contribution is 2.15. The van der Waals surface area contributed by atoms with Gasteiger partial charge in [-0.05, 0) is 30.2 Å². The van der Waals surface area contributed by atoms with E-state index in [9.17, 15) is 4.79 Å². The van der Waals surface area contributed by atoms with Crippen molar-refractivity contribution in [3.8, 4) is 0 Å². The third-order valence-corrected chi connectivity index (χ3v) is 3.20. The molecular formula is C17H26O2. The maximum Gasteiger partial charge on any atom is 0.188 e. The summed E-state index contributed by atoms with van der Waals surface area (Å²) in [6.07, 6.45) is 2.18. The van der Waals surface area contributed by atoms with Gasteiger partial charge in [0.2, 0.25) is 0 Å². The predicted molar refractivity (Wildman–Crippen MR) is 79.8 cm³/mol. The third kappa shape index (κ3) is 6.02. The molecule has 2 heteroatoms. The first kappa shape index (κ1) is 15.9. The van der Waals surface area contributed by atoms with Crippen molar-refractivity contribution in [2.75, 3.05) is 13.2 Å². The van der Waals surface area contributed by atoms with E-state index in [1.165, 1.54) is 5.56 Å². The van der Waals surface area contributed by atoms with Gasteiger partial charge in [-0.2, -0.15) is 0 Å². The Labute approximate surface area is 117 Å². The van der Waals surface area contributed by atoms with E-state index < -0.39 is 0 Å². The van der Waals surface area contributed by atoms with Gasteiger partial charge in [-0.3, -0.25) is 4.79 Å². The third-order valence-electron chi connectivity index (χ3n) is 3.20. The highest BCUT2D eigenvalue weighted by molar-refractivity contribution is 5.97. The van der Waals surface area contributed by atoms with Crippen LogP contribution in [0.2, 0.25) is 0 Å². The minimum atomic E-state index is 0.0693. The zero-order valence-electron chi connectivity index (χ0n) is 12.6. The van der Waals surface area contributed by atoms with Gasteiger partial charge >= 0.3 is 0 Å². The van der Waals surface area contributed by atoms with Crippen LogP contribution in [-0.2, 0) is 4.74 Å². The van der Waals surface area contributed by atoms with Crippen LogP contribution < -0.4 is 0 Å². The monoisotopic (exact) mass is 262 g/mol. The van der Waals surface area contributed by atoms with E-state index in [0.29, 0.717) is 18.4 Å². The molecule has 0 radical (unpaired) electrons. The number of hydrogen-bond donors (Lipinski definition) is 0. The van der Waals surface area contributed by atoms with Crippen LogP contribution in [0.5, 0.6) is 0 Å². The molecule has 0 N–H and O–H groups in total. The minimum Gasteiger partial charge on any atom is -0.373 e. The molecule has 0 saturated carbocycles. The van der Waals surface area contributed by atoms with Gasteiger partial charge in [0.15, 0.2) is 5.78 Å². The molecule has 0 atom stereocenters. The lowest BCUT2D eigenvalue weighted by Crippen LogP contribution is -2.10. The van der Waals surface area contributed by atoms with Crippen LogP contribution in [0, 0.1) is 5.92 Å². The number of carbonyl (C=O) groups is 1. The van der Waals surface area contributed by atoms with E-state index in [1.54, 1.807) is 0 Å². The first-order valence-electron chi connectivity index (χ1n) is 7.21. The summed E-state index contributed by atoms with van der Waals surface area (Å²) < 4.78 is 5.43. The van der Waals surface area contributed by atoms with Gasteiger partial charge in [0, 0.05) is 12.2 Å². The van der Waals surface area contributed by atoms with Crippen LogP contribution in [0.25, 0.3) is 0 Å². The predicted octanol–water partition coefficient (Wildman–Crippen LogP) is 4.45. The molecule has 19 heavy (non-hydrogen) atoms. The van der Waals surface area contributed by atoms with Crippen LogP contribution in [0.1, 0.15) is 62.4 Å². The summed E-state index contributed by atoms with van der Waals surface area (Å²) in [5, 5.41) is 0. The Balaban J connectivity index is 2.33. The van der Waals surface area contributed by atoms with E-state index in [-0.39, 0.29) is 12.4 Å². The van der Waals surface area contributed by atoms with Crippen LogP contribution in [0.3, 0.4) is 0 Å². The standard InChI is InChI=1S/C17H26O2/c1-13(2)6-5-11-19-12-17(18)16-9-7-15(8-10-16)14(3)4/h7-10,13-14H,5-6,11-12H2,1-4H3. The summed E-state index contributed by atoms with van der Waals surface area (Å²) in [7, 11) is 0. The van der Waals surface area contributed by atoms with Gasteiger partial charge in [0.05, 0.1) is 0 Å². The molecule has 0 heterocycles. The lowest BCUT2D eigenvalue weighted by atomic mass is 10.0. The normalized spacial score (nSPS) is 11.3. The van der Waals surface area contributed by atoms with Gasteiger partial charge in [0.25, 0.3) is 0 Å². The van der Waals surface area contributed by atoms with Gasteiger partial charge < -0.3 is 4.74 Å². The SMILES string of the molecule is CC(C)CCCOCC(=O)c1ccc(C(C)C)cc1. The summed E-state index contributed by atoms with van der Waals surface area (Å²) in [6.45, 7) is 9.55. The van der Waals surface area contributed by atoms with E-state index >= 15 is 0 Å². The molecule has 1 aromatic rings. The number of benzene rings is 1. The van der Waals surface area contributed by atoms with Crippen LogP contribution in [0.15, 0.2) is 24.3 Å². The molecular weight excluding hydrogens is 236 g/mol. The van der Waals surface area contributed by atoms with Gasteiger partial charge in [0.1, 0.15) is 6.61 Å². The molecule has 0 amide bonds. The van der Waals surface area contributed by atoms with Gasteiger partial charge in [-0.25, -0.2) is 0 Å². The number of rotatable bonds is 8. The van der Waals surface area contributed by atoms with E-state index in [0.717, 1.165) is 18.4 Å². The lowest BCUT2D eigenvalue weighted by Gasteiger charge is -2.07. The van der Waals surface area contributed by atoms with Crippen LogP contribution >= 0.6 is 0 Å². The van der Waals surface area contributed by atoms with Crippen LogP contribution in [0.4, 0.5) is 0 Å². The number of Topliss-reactive ketones (excluding diaryl/α,β-unsaturated/α-hetero) is 1. The fraction of sp³-hybridized carbons (Fsp3) is 0.588. The Morgan fingerprint density at radius 2 is 1.74 bits per heavy atom. The molecule has 0 aliphatic heterocycles. The maximum absolute atomic E-state index is 11.9. The molecule has 0 fully saturated rings. The second kappa shape index (κ2) is 8.11. The number of ketones is 1. The molecule has 0 spiro atoms. The Kier molecular flexibility index (Phi) is 6.79. The largest absolute Gasteiger partial charge is 0.373 e. The van der Waals surface area contributed by atoms with Crippen molar-refractivity contribution in [1.82, 2.24) is 0 Å². The average Bonchev–Trinajstić information content (AvgIpc) is 2.37. The molecule has 1 aromatic carbocycles. The van der Waals surface area contributed by atoms with E-state index in [1.807, 2.05) is 24.3 Å². The molecule has 0 unspecified atom stereocenters. The maximum atomic E-state index is 11.9.